The fraction of sp³-hybridized carbons (Fsp3) is 0.147. The van der Waals surface area contributed by atoms with Gasteiger partial charge in [0.25, 0.3) is 0 Å². The Morgan fingerprint density at radius 2 is 1.30 bits per heavy atom. The van der Waals surface area contributed by atoms with Crippen molar-refractivity contribution in [1.82, 2.24) is 0 Å². The van der Waals surface area contributed by atoms with Gasteiger partial charge in [-0.3, -0.25) is 0 Å². The van der Waals surface area contributed by atoms with Crippen LogP contribution in [-0.2, 0) is 5.41 Å². The van der Waals surface area contributed by atoms with E-state index in [0.717, 1.165) is 28.2 Å². The molecule has 0 saturated carbocycles. The van der Waals surface area contributed by atoms with E-state index in [0.29, 0.717) is 0 Å². The van der Waals surface area contributed by atoms with Crippen LogP contribution in [0, 0.1) is 6.92 Å². The molecule has 37 heavy (non-hydrogen) atoms. The molecule has 0 radical (unpaired) electrons. The molecule has 0 unspecified atom stereocenters. The molecule has 0 atom stereocenters. The topological polar surface area (TPSA) is 40.5 Å². The SMILES string of the molecule is Cc1cccc(N(c2ccc(-c3ccc(C(=O)O)cc3)cc2)c2ccc(C(C)(C)C)c3ccccc23)c1. The molecule has 0 aliphatic rings. The number of fused-ring (bicyclic) bond motifs is 1. The number of nitrogens with zero attached hydrogens (tertiary/aromatic N) is 1. The monoisotopic (exact) mass is 485 g/mol. The van der Waals surface area contributed by atoms with Gasteiger partial charge in [-0.2, -0.15) is 0 Å². The zero-order valence-corrected chi connectivity index (χ0v) is 21.7. The van der Waals surface area contributed by atoms with Gasteiger partial charge in [0, 0.05) is 16.8 Å². The van der Waals surface area contributed by atoms with Gasteiger partial charge in [0.2, 0.25) is 0 Å². The number of rotatable bonds is 5. The van der Waals surface area contributed by atoms with Crippen molar-refractivity contribution in [3.8, 4) is 11.1 Å². The molecule has 0 amide bonds. The summed E-state index contributed by atoms with van der Waals surface area (Å²) in [4.78, 5) is 13.5. The third-order valence-electron chi connectivity index (χ3n) is 6.80. The molecule has 0 heterocycles. The predicted octanol–water partition coefficient (Wildman–Crippen LogP) is 9.28. The number of carboxylic acids is 1. The van der Waals surface area contributed by atoms with Gasteiger partial charge >= 0.3 is 5.97 Å². The lowest BCUT2D eigenvalue weighted by atomic mass is 9.83. The van der Waals surface area contributed by atoms with E-state index in [1.54, 1.807) is 12.1 Å². The van der Waals surface area contributed by atoms with Crippen molar-refractivity contribution < 1.29 is 9.90 Å². The highest BCUT2D eigenvalue weighted by Crippen LogP contribution is 2.42. The van der Waals surface area contributed by atoms with Crippen molar-refractivity contribution in [1.29, 1.82) is 0 Å². The minimum Gasteiger partial charge on any atom is -0.478 e. The number of carbonyl (C=O) groups is 1. The van der Waals surface area contributed by atoms with Crippen LogP contribution in [-0.4, -0.2) is 11.1 Å². The smallest absolute Gasteiger partial charge is 0.335 e. The number of anilines is 3. The first-order valence-corrected chi connectivity index (χ1v) is 12.6. The van der Waals surface area contributed by atoms with E-state index in [4.69, 9.17) is 0 Å². The highest BCUT2D eigenvalue weighted by atomic mass is 16.4. The number of hydrogen-bond donors (Lipinski definition) is 1. The van der Waals surface area contributed by atoms with Gasteiger partial charge < -0.3 is 10.0 Å². The van der Waals surface area contributed by atoms with Gasteiger partial charge in [-0.15, -0.1) is 0 Å². The molecule has 1 N–H and O–H groups in total. The molecule has 0 spiro atoms. The largest absolute Gasteiger partial charge is 0.478 e. The van der Waals surface area contributed by atoms with Gasteiger partial charge in [0.15, 0.2) is 0 Å². The summed E-state index contributed by atoms with van der Waals surface area (Å²) in [6.45, 7) is 8.89. The Labute approximate surface area is 218 Å². The Morgan fingerprint density at radius 3 is 1.89 bits per heavy atom. The van der Waals surface area contributed by atoms with Gasteiger partial charge in [0.1, 0.15) is 0 Å². The summed E-state index contributed by atoms with van der Waals surface area (Å²) >= 11 is 0. The molecule has 0 saturated heterocycles. The summed E-state index contributed by atoms with van der Waals surface area (Å²) in [5.74, 6) is -0.916. The predicted molar refractivity (Wildman–Crippen MR) is 154 cm³/mol. The maximum Gasteiger partial charge on any atom is 0.335 e. The summed E-state index contributed by atoms with van der Waals surface area (Å²) in [5, 5.41) is 11.7. The van der Waals surface area contributed by atoms with Crippen LogP contribution in [0.2, 0.25) is 0 Å². The summed E-state index contributed by atoms with van der Waals surface area (Å²) in [6.07, 6.45) is 0. The number of carboxylic acid groups (broad SMARTS) is 1. The Balaban J connectivity index is 1.65. The Kier molecular flexibility index (Phi) is 6.31. The van der Waals surface area contributed by atoms with E-state index in [2.05, 4.69) is 118 Å². The average Bonchev–Trinajstić information content (AvgIpc) is 2.89. The Bertz CT molecular complexity index is 1580. The Hall–Kier alpha value is -4.37. The second-order valence-corrected chi connectivity index (χ2v) is 10.5. The van der Waals surface area contributed by atoms with Gasteiger partial charge in [-0.05, 0) is 82.4 Å². The number of aromatic carboxylic acids is 1. The van der Waals surface area contributed by atoms with Crippen molar-refractivity contribution in [2.75, 3.05) is 4.90 Å². The first-order valence-electron chi connectivity index (χ1n) is 12.6. The van der Waals surface area contributed by atoms with Crippen LogP contribution in [0.15, 0.2) is 109 Å². The van der Waals surface area contributed by atoms with Crippen LogP contribution in [0.5, 0.6) is 0 Å². The number of hydrogen-bond acceptors (Lipinski definition) is 2. The molecule has 3 nitrogen and oxygen atoms in total. The summed E-state index contributed by atoms with van der Waals surface area (Å²) < 4.78 is 0. The van der Waals surface area contributed by atoms with Crippen LogP contribution < -0.4 is 4.90 Å². The third kappa shape index (κ3) is 4.85. The average molecular weight is 486 g/mol. The minimum absolute atomic E-state index is 0.0319. The molecule has 0 aliphatic heterocycles. The van der Waals surface area contributed by atoms with Crippen molar-refractivity contribution >= 4 is 33.8 Å². The third-order valence-corrected chi connectivity index (χ3v) is 6.80. The molecular formula is C34H31NO2. The van der Waals surface area contributed by atoms with Crippen LogP contribution in [0.25, 0.3) is 21.9 Å². The van der Waals surface area contributed by atoms with E-state index in [-0.39, 0.29) is 11.0 Å². The van der Waals surface area contributed by atoms with E-state index in [1.165, 1.54) is 21.9 Å². The lowest BCUT2D eigenvalue weighted by Gasteiger charge is -2.29. The molecule has 3 heteroatoms. The van der Waals surface area contributed by atoms with Crippen molar-refractivity contribution in [3.05, 3.63) is 126 Å². The summed E-state index contributed by atoms with van der Waals surface area (Å²) in [6, 6.07) is 37.2. The molecule has 0 aliphatic carbocycles. The van der Waals surface area contributed by atoms with Crippen molar-refractivity contribution in [2.45, 2.75) is 33.1 Å². The lowest BCUT2D eigenvalue weighted by molar-refractivity contribution is 0.0697. The maximum atomic E-state index is 11.2. The molecule has 0 fully saturated rings. The molecular weight excluding hydrogens is 454 g/mol. The van der Waals surface area contributed by atoms with Crippen LogP contribution in [0.1, 0.15) is 42.3 Å². The van der Waals surface area contributed by atoms with E-state index < -0.39 is 5.97 Å². The first kappa shape index (κ1) is 24.3. The normalized spacial score (nSPS) is 11.5. The Morgan fingerprint density at radius 1 is 0.676 bits per heavy atom. The van der Waals surface area contributed by atoms with Gasteiger partial charge in [-0.1, -0.05) is 87.5 Å². The standard InChI is InChI=1S/C34H31NO2/c1-23-8-7-9-28(22-23)35(32-21-20-31(34(2,3)4)29-10-5-6-11-30(29)32)27-18-16-25(17-19-27)24-12-14-26(15-13-24)33(36)37/h5-22H,1-4H3,(H,36,37). The molecule has 0 bridgehead atoms. The molecule has 5 aromatic rings. The second-order valence-electron chi connectivity index (χ2n) is 10.5. The van der Waals surface area contributed by atoms with Gasteiger partial charge in [0.05, 0.1) is 11.3 Å². The minimum atomic E-state index is -0.916. The zero-order chi connectivity index (χ0) is 26.2. The fourth-order valence-corrected chi connectivity index (χ4v) is 4.93. The fourth-order valence-electron chi connectivity index (χ4n) is 4.93. The molecule has 5 rings (SSSR count). The lowest BCUT2D eigenvalue weighted by Crippen LogP contribution is -2.14. The summed E-state index contributed by atoms with van der Waals surface area (Å²) in [7, 11) is 0. The van der Waals surface area contributed by atoms with Crippen molar-refractivity contribution in [2.24, 2.45) is 0 Å². The van der Waals surface area contributed by atoms with E-state index in [1.807, 2.05) is 12.1 Å². The van der Waals surface area contributed by atoms with Crippen LogP contribution >= 0.6 is 0 Å². The van der Waals surface area contributed by atoms with Crippen molar-refractivity contribution in [3.63, 3.8) is 0 Å². The highest BCUT2D eigenvalue weighted by Gasteiger charge is 2.21. The first-order chi connectivity index (χ1) is 17.7. The molecule has 184 valence electrons. The maximum absolute atomic E-state index is 11.2. The quantitative estimate of drug-likeness (QED) is 0.270. The van der Waals surface area contributed by atoms with E-state index >= 15 is 0 Å². The number of aryl methyl sites for hydroxylation is 1. The summed E-state index contributed by atoms with van der Waals surface area (Å²) in [5.41, 5.74) is 8.17. The van der Waals surface area contributed by atoms with Gasteiger partial charge in [-0.25, -0.2) is 4.79 Å². The second kappa shape index (κ2) is 9.59. The molecule has 5 aromatic carbocycles. The highest BCUT2D eigenvalue weighted by molar-refractivity contribution is 6.01. The van der Waals surface area contributed by atoms with E-state index in [9.17, 15) is 9.90 Å². The van der Waals surface area contributed by atoms with Crippen LogP contribution in [0.4, 0.5) is 17.1 Å². The number of benzene rings is 5. The van der Waals surface area contributed by atoms with Crippen LogP contribution in [0.3, 0.4) is 0 Å². The molecule has 0 aromatic heterocycles. The zero-order valence-electron chi connectivity index (χ0n) is 21.7.